The zero-order valence-electron chi connectivity index (χ0n) is 9.96. The molecule has 2 rings (SSSR count). The molecule has 0 spiro atoms. The van der Waals surface area contributed by atoms with E-state index < -0.39 is 23.1 Å². The topological polar surface area (TPSA) is 55.1 Å². The summed E-state index contributed by atoms with van der Waals surface area (Å²) in [6, 6.07) is 3.02. The number of amides is 1. The highest BCUT2D eigenvalue weighted by Gasteiger charge is 2.26. The molecule has 0 radical (unpaired) electrons. The van der Waals surface area contributed by atoms with E-state index in [4.69, 9.17) is 5.73 Å². The maximum atomic E-state index is 13.4. The predicted molar refractivity (Wildman–Crippen MR) is 64.1 cm³/mol. The van der Waals surface area contributed by atoms with Crippen molar-refractivity contribution >= 4 is 5.91 Å². The summed E-state index contributed by atoms with van der Waals surface area (Å²) in [6.45, 7) is 0. The first-order valence-corrected chi connectivity index (χ1v) is 6.10. The Morgan fingerprint density at radius 1 is 1.22 bits per heavy atom. The van der Waals surface area contributed by atoms with Gasteiger partial charge in [-0.25, -0.2) is 8.78 Å². The number of carbonyl (C=O) groups excluding carboxylic acids is 1. The summed E-state index contributed by atoms with van der Waals surface area (Å²) in [6.07, 6.45) is 3.58. The highest BCUT2D eigenvalue weighted by Crippen LogP contribution is 2.18. The normalized spacial score (nSPS) is 23.7. The molecule has 2 atom stereocenters. The van der Waals surface area contributed by atoms with Crippen LogP contribution in [0.2, 0.25) is 0 Å². The Morgan fingerprint density at radius 3 is 2.44 bits per heavy atom. The lowest BCUT2D eigenvalue weighted by Gasteiger charge is -2.29. The van der Waals surface area contributed by atoms with Crippen molar-refractivity contribution in [1.29, 1.82) is 0 Å². The van der Waals surface area contributed by atoms with Gasteiger partial charge in [0, 0.05) is 12.1 Å². The predicted octanol–water partition coefficient (Wildman–Crippen LogP) is 1.96. The fraction of sp³-hybridized carbons (Fsp3) is 0.462. The van der Waals surface area contributed by atoms with E-state index in [2.05, 4.69) is 5.32 Å². The lowest BCUT2D eigenvalue weighted by atomic mass is 9.91. The molecule has 3 nitrogen and oxygen atoms in total. The van der Waals surface area contributed by atoms with Gasteiger partial charge in [-0.3, -0.25) is 4.79 Å². The Kier molecular flexibility index (Phi) is 3.91. The second-order valence-corrected chi connectivity index (χ2v) is 4.62. The van der Waals surface area contributed by atoms with Crippen molar-refractivity contribution in [3.05, 3.63) is 35.4 Å². The first-order chi connectivity index (χ1) is 8.59. The van der Waals surface area contributed by atoms with Gasteiger partial charge in [-0.1, -0.05) is 18.9 Å². The van der Waals surface area contributed by atoms with E-state index in [1.165, 1.54) is 6.07 Å². The largest absolute Gasteiger partial charge is 0.348 e. The third-order valence-electron chi connectivity index (χ3n) is 3.33. The van der Waals surface area contributed by atoms with Crippen LogP contribution in [0.4, 0.5) is 8.78 Å². The molecule has 1 saturated carbocycles. The fourth-order valence-electron chi connectivity index (χ4n) is 2.29. The second kappa shape index (κ2) is 5.44. The zero-order valence-corrected chi connectivity index (χ0v) is 9.96. The van der Waals surface area contributed by atoms with Gasteiger partial charge < -0.3 is 11.1 Å². The minimum atomic E-state index is -0.850. The maximum Gasteiger partial charge on any atom is 0.257 e. The van der Waals surface area contributed by atoms with Gasteiger partial charge in [0.05, 0.1) is 0 Å². The first kappa shape index (κ1) is 13.0. The van der Waals surface area contributed by atoms with Crippen LogP contribution in [0.25, 0.3) is 0 Å². The summed E-state index contributed by atoms with van der Waals surface area (Å²) in [5, 5.41) is 2.62. The van der Waals surface area contributed by atoms with Crippen LogP contribution in [0.5, 0.6) is 0 Å². The van der Waals surface area contributed by atoms with E-state index in [1.807, 2.05) is 0 Å². The van der Waals surface area contributed by atoms with E-state index in [-0.39, 0.29) is 12.1 Å². The van der Waals surface area contributed by atoms with Crippen LogP contribution in [-0.4, -0.2) is 18.0 Å². The molecule has 1 aliphatic carbocycles. The van der Waals surface area contributed by atoms with Crippen LogP contribution >= 0.6 is 0 Å². The van der Waals surface area contributed by atoms with Crippen molar-refractivity contribution in [2.75, 3.05) is 0 Å². The maximum absolute atomic E-state index is 13.4. The number of nitrogens with two attached hydrogens (primary N) is 1. The van der Waals surface area contributed by atoms with E-state index in [0.29, 0.717) is 0 Å². The molecule has 0 heterocycles. The number of hydrogen-bond acceptors (Lipinski definition) is 2. The quantitative estimate of drug-likeness (QED) is 0.847. The Hall–Kier alpha value is -1.49. The van der Waals surface area contributed by atoms with Crippen molar-refractivity contribution in [2.45, 2.75) is 37.8 Å². The minimum Gasteiger partial charge on any atom is -0.348 e. The lowest BCUT2D eigenvalue weighted by Crippen LogP contribution is -2.49. The molecule has 5 heteroatoms. The Morgan fingerprint density at radius 2 is 1.83 bits per heavy atom. The molecule has 1 aromatic rings. The van der Waals surface area contributed by atoms with Crippen molar-refractivity contribution in [2.24, 2.45) is 5.73 Å². The van der Waals surface area contributed by atoms with Crippen molar-refractivity contribution in [1.82, 2.24) is 5.32 Å². The van der Waals surface area contributed by atoms with Gasteiger partial charge in [-0.05, 0) is 25.0 Å². The molecular weight excluding hydrogens is 238 g/mol. The van der Waals surface area contributed by atoms with Gasteiger partial charge in [-0.2, -0.15) is 0 Å². The van der Waals surface area contributed by atoms with Crippen LogP contribution in [0, 0.1) is 11.6 Å². The molecule has 0 bridgehead atoms. The van der Waals surface area contributed by atoms with E-state index in [1.54, 1.807) is 0 Å². The van der Waals surface area contributed by atoms with Crippen LogP contribution in [0.3, 0.4) is 0 Å². The molecule has 1 aromatic carbocycles. The third kappa shape index (κ3) is 2.67. The average molecular weight is 254 g/mol. The Bertz CT molecular complexity index is 430. The van der Waals surface area contributed by atoms with E-state index in [9.17, 15) is 13.6 Å². The van der Waals surface area contributed by atoms with Crippen LogP contribution in [0.15, 0.2) is 18.2 Å². The molecule has 1 aliphatic rings. The summed E-state index contributed by atoms with van der Waals surface area (Å²) in [5.74, 6) is -2.43. The number of benzene rings is 1. The molecular formula is C13H16F2N2O. The second-order valence-electron chi connectivity index (χ2n) is 4.62. The molecule has 0 aromatic heterocycles. The summed E-state index contributed by atoms with van der Waals surface area (Å²) >= 11 is 0. The van der Waals surface area contributed by atoms with Crippen LogP contribution in [-0.2, 0) is 0 Å². The Labute approximate surface area is 104 Å². The molecule has 0 saturated heterocycles. The van der Waals surface area contributed by atoms with Gasteiger partial charge in [0.25, 0.3) is 5.91 Å². The third-order valence-corrected chi connectivity index (χ3v) is 3.33. The van der Waals surface area contributed by atoms with Crippen molar-refractivity contribution < 1.29 is 13.6 Å². The molecule has 1 amide bonds. The summed E-state index contributed by atoms with van der Waals surface area (Å²) in [7, 11) is 0. The zero-order chi connectivity index (χ0) is 13.1. The van der Waals surface area contributed by atoms with Crippen molar-refractivity contribution in [3.8, 4) is 0 Å². The van der Waals surface area contributed by atoms with Gasteiger partial charge >= 0.3 is 0 Å². The number of carbonyl (C=O) groups is 1. The minimum absolute atomic E-state index is 0.141. The average Bonchev–Trinajstić information content (AvgIpc) is 2.32. The van der Waals surface area contributed by atoms with Gasteiger partial charge in [0.15, 0.2) is 0 Å². The van der Waals surface area contributed by atoms with Crippen LogP contribution in [0.1, 0.15) is 36.0 Å². The molecule has 1 fully saturated rings. The standard InChI is InChI=1S/C13H16F2N2O/c14-8-4-3-5-9(15)12(8)13(18)17-11-7-2-1-6-10(11)16/h3-5,10-11H,1-2,6-7,16H2,(H,17,18)/t10-,11-/m1/s1. The molecule has 18 heavy (non-hydrogen) atoms. The van der Waals surface area contributed by atoms with Gasteiger partial charge in [0.1, 0.15) is 17.2 Å². The SMILES string of the molecule is N[C@@H]1CCCC[C@H]1NC(=O)c1c(F)cccc1F. The Balaban J connectivity index is 2.12. The lowest BCUT2D eigenvalue weighted by molar-refractivity contribution is 0.0912. The fourth-order valence-corrected chi connectivity index (χ4v) is 2.29. The highest BCUT2D eigenvalue weighted by atomic mass is 19.1. The molecule has 3 N–H and O–H groups in total. The van der Waals surface area contributed by atoms with Crippen LogP contribution < -0.4 is 11.1 Å². The van der Waals surface area contributed by atoms with E-state index >= 15 is 0 Å². The molecule has 0 aliphatic heterocycles. The number of halogens is 2. The summed E-state index contributed by atoms with van der Waals surface area (Å²) in [5.41, 5.74) is 5.35. The summed E-state index contributed by atoms with van der Waals surface area (Å²) < 4.78 is 26.8. The van der Waals surface area contributed by atoms with Gasteiger partial charge in [-0.15, -0.1) is 0 Å². The van der Waals surface area contributed by atoms with Gasteiger partial charge in [0.2, 0.25) is 0 Å². The first-order valence-electron chi connectivity index (χ1n) is 6.10. The monoisotopic (exact) mass is 254 g/mol. The number of nitrogens with one attached hydrogen (secondary N) is 1. The molecule has 0 unspecified atom stereocenters. The summed E-state index contributed by atoms with van der Waals surface area (Å²) in [4.78, 5) is 11.9. The number of hydrogen-bond donors (Lipinski definition) is 2. The molecule has 98 valence electrons. The highest BCUT2D eigenvalue weighted by molar-refractivity contribution is 5.95. The smallest absolute Gasteiger partial charge is 0.257 e. The van der Waals surface area contributed by atoms with Crippen molar-refractivity contribution in [3.63, 3.8) is 0 Å². The number of rotatable bonds is 2. The van der Waals surface area contributed by atoms with E-state index in [0.717, 1.165) is 37.8 Å².